The SMILES string of the molecule is O=C(Nc1ccc(-c2nccs2)cc1)c1ccc(Cn2cccn2)cc1. The van der Waals surface area contributed by atoms with Gasteiger partial charge in [0, 0.05) is 40.8 Å². The maximum Gasteiger partial charge on any atom is 0.255 e. The summed E-state index contributed by atoms with van der Waals surface area (Å²) in [6.07, 6.45) is 5.45. The zero-order valence-electron chi connectivity index (χ0n) is 13.9. The molecule has 2 aromatic carbocycles. The number of amides is 1. The molecular weight excluding hydrogens is 344 g/mol. The van der Waals surface area contributed by atoms with Crippen LogP contribution >= 0.6 is 11.3 Å². The van der Waals surface area contributed by atoms with Crippen LogP contribution < -0.4 is 5.32 Å². The third-order valence-corrected chi connectivity index (χ3v) is 4.76. The van der Waals surface area contributed by atoms with Crippen molar-refractivity contribution in [3.05, 3.63) is 89.7 Å². The fourth-order valence-electron chi connectivity index (χ4n) is 2.61. The molecule has 4 rings (SSSR count). The zero-order valence-corrected chi connectivity index (χ0v) is 14.7. The molecule has 0 atom stereocenters. The fourth-order valence-corrected chi connectivity index (χ4v) is 3.25. The van der Waals surface area contributed by atoms with E-state index in [1.54, 1.807) is 23.7 Å². The molecule has 0 bridgehead atoms. The summed E-state index contributed by atoms with van der Waals surface area (Å²) in [5.41, 5.74) is 3.52. The first-order valence-electron chi connectivity index (χ1n) is 8.15. The number of anilines is 1. The summed E-state index contributed by atoms with van der Waals surface area (Å²) in [6.45, 7) is 0.688. The van der Waals surface area contributed by atoms with Crippen LogP contribution in [0.25, 0.3) is 10.6 Å². The van der Waals surface area contributed by atoms with E-state index in [0.29, 0.717) is 12.1 Å². The van der Waals surface area contributed by atoms with Crippen LogP contribution in [0.2, 0.25) is 0 Å². The van der Waals surface area contributed by atoms with Crippen molar-refractivity contribution in [2.24, 2.45) is 0 Å². The molecule has 1 N–H and O–H groups in total. The van der Waals surface area contributed by atoms with Gasteiger partial charge in [-0.2, -0.15) is 5.10 Å². The molecule has 0 radical (unpaired) electrons. The second-order valence-electron chi connectivity index (χ2n) is 5.77. The molecule has 0 saturated heterocycles. The van der Waals surface area contributed by atoms with Crippen LogP contribution in [-0.2, 0) is 6.54 Å². The number of aromatic nitrogens is 3. The number of nitrogens with zero attached hydrogens (tertiary/aromatic N) is 3. The van der Waals surface area contributed by atoms with Gasteiger partial charge in [0.05, 0.1) is 6.54 Å². The molecule has 6 heteroatoms. The minimum absolute atomic E-state index is 0.127. The predicted molar refractivity (Wildman–Crippen MR) is 103 cm³/mol. The molecule has 1 amide bonds. The van der Waals surface area contributed by atoms with E-state index < -0.39 is 0 Å². The number of nitrogens with one attached hydrogen (secondary N) is 1. The molecule has 26 heavy (non-hydrogen) atoms. The van der Waals surface area contributed by atoms with Crippen LogP contribution in [-0.4, -0.2) is 20.7 Å². The smallest absolute Gasteiger partial charge is 0.255 e. The van der Waals surface area contributed by atoms with E-state index in [1.807, 2.05) is 70.9 Å². The van der Waals surface area contributed by atoms with Crippen LogP contribution in [0, 0.1) is 0 Å². The fraction of sp³-hybridized carbons (Fsp3) is 0.0500. The highest BCUT2D eigenvalue weighted by atomic mass is 32.1. The van der Waals surface area contributed by atoms with Gasteiger partial charge >= 0.3 is 0 Å². The highest BCUT2D eigenvalue weighted by molar-refractivity contribution is 7.13. The first kappa shape index (κ1) is 16.2. The Balaban J connectivity index is 1.41. The lowest BCUT2D eigenvalue weighted by molar-refractivity contribution is 0.102. The molecule has 5 nitrogen and oxygen atoms in total. The van der Waals surface area contributed by atoms with Crippen molar-refractivity contribution in [1.82, 2.24) is 14.8 Å². The number of thiazole rings is 1. The average molecular weight is 360 g/mol. The molecule has 128 valence electrons. The van der Waals surface area contributed by atoms with E-state index in [4.69, 9.17) is 0 Å². The second kappa shape index (κ2) is 7.33. The van der Waals surface area contributed by atoms with Gasteiger partial charge in [0.15, 0.2) is 0 Å². The van der Waals surface area contributed by atoms with Crippen molar-refractivity contribution >= 4 is 22.9 Å². The number of benzene rings is 2. The van der Waals surface area contributed by atoms with Gasteiger partial charge in [-0.05, 0) is 48.0 Å². The number of carbonyl (C=O) groups is 1. The normalized spacial score (nSPS) is 10.6. The number of carbonyl (C=O) groups excluding carboxylic acids is 1. The first-order chi connectivity index (χ1) is 12.8. The monoisotopic (exact) mass is 360 g/mol. The highest BCUT2D eigenvalue weighted by Crippen LogP contribution is 2.23. The quantitative estimate of drug-likeness (QED) is 0.577. The van der Waals surface area contributed by atoms with E-state index in [0.717, 1.165) is 21.8 Å². The Labute approximate surface area is 155 Å². The summed E-state index contributed by atoms with van der Waals surface area (Å²) in [5.74, 6) is -0.127. The van der Waals surface area contributed by atoms with Crippen molar-refractivity contribution in [3.8, 4) is 10.6 Å². The molecule has 0 aliphatic rings. The lowest BCUT2D eigenvalue weighted by atomic mass is 10.1. The molecule has 2 heterocycles. The van der Waals surface area contributed by atoms with Crippen molar-refractivity contribution in [2.75, 3.05) is 5.32 Å². The molecule has 0 spiro atoms. The van der Waals surface area contributed by atoms with Crippen LogP contribution in [0.3, 0.4) is 0 Å². The third kappa shape index (κ3) is 3.70. The molecule has 0 fully saturated rings. The Bertz CT molecular complexity index is 975. The lowest BCUT2D eigenvalue weighted by Gasteiger charge is -2.07. The minimum Gasteiger partial charge on any atom is -0.322 e. The van der Waals surface area contributed by atoms with Crippen LogP contribution in [0.1, 0.15) is 15.9 Å². The van der Waals surface area contributed by atoms with Crippen molar-refractivity contribution in [3.63, 3.8) is 0 Å². The van der Waals surface area contributed by atoms with E-state index in [1.165, 1.54) is 0 Å². The van der Waals surface area contributed by atoms with Crippen molar-refractivity contribution < 1.29 is 4.79 Å². The number of rotatable bonds is 5. The Morgan fingerprint density at radius 2 is 1.85 bits per heavy atom. The van der Waals surface area contributed by atoms with Gasteiger partial charge in [-0.25, -0.2) is 4.98 Å². The maximum atomic E-state index is 12.4. The molecular formula is C20H16N4OS. The molecule has 0 aliphatic carbocycles. The molecule has 4 aromatic rings. The molecule has 0 aliphatic heterocycles. The summed E-state index contributed by atoms with van der Waals surface area (Å²) in [7, 11) is 0. The Morgan fingerprint density at radius 1 is 1.04 bits per heavy atom. The number of hydrogen-bond donors (Lipinski definition) is 1. The summed E-state index contributed by atoms with van der Waals surface area (Å²) >= 11 is 1.59. The molecule has 0 unspecified atom stereocenters. The summed E-state index contributed by atoms with van der Waals surface area (Å²) < 4.78 is 1.85. The van der Waals surface area contributed by atoms with Crippen molar-refractivity contribution in [2.45, 2.75) is 6.54 Å². The second-order valence-corrected chi connectivity index (χ2v) is 6.66. The van der Waals surface area contributed by atoms with Crippen LogP contribution in [0.5, 0.6) is 0 Å². The van der Waals surface area contributed by atoms with Gasteiger partial charge in [-0.1, -0.05) is 12.1 Å². The van der Waals surface area contributed by atoms with Gasteiger partial charge in [0.25, 0.3) is 5.91 Å². The van der Waals surface area contributed by atoms with Gasteiger partial charge in [0.2, 0.25) is 0 Å². The highest BCUT2D eigenvalue weighted by Gasteiger charge is 2.07. The zero-order chi connectivity index (χ0) is 17.8. The van der Waals surface area contributed by atoms with E-state index in [9.17, 15) is 4.79 Å². The Hall–Kier alpha value is -3.25. The standard InChI is InChI=1S/C20H16N4OS/c25-19(16-4-2-15(3-5-16)14-24-12-1-10-22-24)23-18-8-6-17(7-9-18)20-21-11-13-26-20/h1-13H,14H2,(H,23,25). The predicted octanol–water partition coefficient (Wildman–Crippen LogP) is 4.31. The van der Waals surface area contributed by atoms with Gasteiger partial charge in [0.1, 0.15) is 5.01 Å². The van der Waals surface area contributed by atoms with E-state index in [2.05, 4.69) is 15.4 Å². The largest absolute Gasteiger partial charge is 0.322 e. The van der Waals surface area contributed by atoms with Crippen LogP contribution in [0.4, 0.5) is 5.69 Å². The van der Waals surface area contributed by atoms with Crippen LogP contribution in [0.15, 0.2) is 78.6 Å². The van der Waals surface area contributed by atoms with Gasteiger partial charge in [-0.3, -0.25) is 9.48 Å². The van der Waals surface area contributed by atoms with Gasteiger partial charge in [-0.15, -0.1) is 11.3 Å². The average Bonchev–Trinajstić information content (AvgIpc) is 3.37. The molecule has 2 aromatic heterocycles. The molecule has 0 saturated carbocycles. The van der Waals surface area contributed by atoms with Crippen molar-refractivity contribution in [1.29, 1.82) is 0 Å². The summed E-state index contributed by atoms with van der Waals surface area (Å²) in [4.78, 5) is 16.7. The Kier molecular flexibility index (Phi) is 4.57. The van der Waals surface area contributed by atoms with E-state index >= 15 is 0 Å². The minimum atomic E-state index is -0.127. The first-order valence-corrected chi connectivity index (χ1v) is 9.03. The topological polar surface area (TPSA) is 59.8 Å². The lowest BCUT2D eigenvalue weighted by Crippen LogP contribution is -2.12. The Morgan fingerprint density at radius 3 is 2.50 bits per heavy atom. The summed E-state index contributed by atoms with van der Waals surface area (Å²) in [6, 6.07) is 17.1. The summed E-state index contributed by atoms with van der Waals surface area (Å²) in [5, 5.41) is 10.0. The van der Waals surface area contributed by atoms with E-state index in [-0.39, 0.29) is 5.91 Å². The van der Waals surface area contributed by atoms with Gasteiger partial charge < -0.3 is 5.32 Å². The number of hydrogen-bond acceptors (Lipinski definition) is 4. The third-order valence-electron chi connectivity index (χ3n) is 3.94. The maximum absolute atomic E-state index is 12.4.